The maximum absolute atomic E-state index is 12.0. The van der Waals surface area contributed by atoms with Crippen LogP contribution in [0.15, 0.2) is 29.8 Å². The van der Waals surface area contributed by atoms with E-state index in [1.54, 1.807) is 27.7 Å². The largest absolute Gasteiger partial charge is 0.427 e. The SMILES string of the molecule is CC(C)=Cc1ccc(C(C)C(=O)OCOC(=O)C(C)(C)C)cc1. The Morgan fingerprint density at radius 2 is 1.65 bits per heavy atom. The smallest absolute Gasteiger partial charge is 0.316 e. The maximum atomic E-state index is 12.0. The third kappa shape index (κ3) is 6.27. The lowest BCUT2D eigenvalue weighted by Crippen LogP contribution is -2.25. The van der Waals surface area contributed by atoms with Gasteiger partial charge >= 0.3 is 11.9 Å². The van der Waals surface area contributed by atoms with Crippen molar-refractivity contribution in [3.63, 3.8) is 0 Å². The highest BCUT2D eigenvalue weighted by Crippen LogP contribution is 2.19. The second-order valence-electron chi connectivity index (χ2n) is 6.87. The quantitative estimate of drug-likeness (QED) is 0.600. The fourth-order valence-electron chi connectivity index (χ4n) is 1.83. The lowest BCUT2D eigenvalue weighted by molar-refractivity contribution is -0.173. The van der Waals surface area contributed by atoms with Crippen molar-refractivity contribution in [2.45, 2.75) is 47.5 Å². The standard InChI is InChI=1S/C19H26O4/c1-13(2)11-15-7-9-16(10-8-15)14(3)17(20)22-12-23-18(21)19(4,5)6/h7-11,14H,12H2,1-6H3. The fraction of sp³-hybridized carbons (Fsp3) is 0.474. The Bertz CT molecular complexity index is 572. The number of carbonyl (C=O) groups is 2. The summed E-state index contributed by atoms with van der Waals surface area (Å²) in [5.41, 5.74) is 2.56. The first-order valence-corrected chi connectivity index (χ1v) is 7.70. The van der Waals surface area contributed by atoms with E-state index in [0.717, 1.165) is 11.1 Å². The molecule has 1 atom stereocenters. The molecule has 1 rings (SSSR count). The van der Waals surface area contributed by atoms with Crippen LogP contribution in [0.25, 0.3) is 6.08 Å². The van der Waals surface area contributed by atoms with Crippen LogP contribution >= 0.6 is 0 Å². The van der Waals surface area contributed by atoms with E-state index in [1.807, 2.05) is 38.1 Å². The number of rotatable bonds is 5. The van der Waals surface area contributed by atoms with Gasteiger partial charge in [-0.1, -0.05) is 35.9 Å². The van der Waals surface area contributed by atoms with E-state index in [-0.39, 0.29) is 6.79 Å². The molecule has 0 radical (unpaired) electrons. The van der Waals surface area contributed by atoms with Crippen LogP contribution in [-0.2, 0) is 19.1 Å². The molecule has 23 heavy (non-hydrogen) atoms. The Morgan fingerprint density at radius 3 is 2.13 bits per heavy atom. The first-order valence-electron chi connectivity index (χ1n) is 7.70. The Kier molecular flexibility index (Phi) is 6.55. The molecular formula is C19H26O4. The van der Waals surface area contributed by atoms with Gasteiger partial charge in [-0.3, -0.25) is 9.59 Å². The predicted octanol–water partition coefficient (Wildman–Crippen LogP) is 4.30. The monoisotopic (exact) mass is 318 g/mol. The van der Waals surface area contributed by atoms with Crippen LogP contribution < -0.4 is 0 Å². The van der Waals surface area contributed by atoms with Gasteiger partial charge in [0.25, 0.3) is 0 Å². The van der Waals surface area contributed by atoms with Crippen molar-refractivity contribution in [3.05, 3.63) is 41.0 Å². The molecule has 4 nitrogen and oxygen atoms in total. The summed E-state index contributed by atoms with van der Waals surface area (Å²) in [6.07, 6.45) is 2.07. The lowest BCUT2D eigenvalue weighted by atomic mass is 9.98. The van der Waals surface area contributed by atoms with Crippen molar-refractivity contribution < 1.29 is 19.1 Å². The zero-order valence-corrected chi connectivity index (χ0v) is 14.8. The summed E-state index contributed by atoms with van der Waals surface area (Å²) in [7, 11) is 0. The average Bonchev–Trinajstić information content (AvgIpc) is 2.45. The Balaban J connectivity index is 2.57. The fourth-order valence-corrected chi connectivity index (χ4v) is 1.83. The van der Waals surface area contributed by atoms with E-state index in [9.17, 15) is 9.59 Å². The van der Waals surface area contributed by atoms with Gasteiger partial charge in [-0.15, -0.1) is 0 Å². The van der Waals surface area contributed by atoms with Crippen molar-refractivity contribution in [1.29, 1.82) is 0 Å². The minimum atomic E-state index is -0.612. The van der Waals surface area contributed by atoms with Gasteiger partial charge < -0.3 is 9.47 Å². The molecule has 1 aromatic rings. The van der Waals surface area contributed by atoms with Gasteiger partial charge in [0.2, 0.25) is 6.79 Å². The Labute approximate surface area is 138 Å². The Morgan fingerprint density at radius 1 is 1.09 bits per heavy atom. The van der Waals surface area contributed by atoms with Crippen molar-refractivity contribution in [2.24, 2.45) is 5.41 Å². The maximum Gasteiger partial charge on any atom is 0.316 e. The predicted molar refractivity (Wildman–Crippen MR) is 90.7 cm³/mol. The van der Waals surface area contributed by atoms with Gasteiger partial charge in [0.05, 0.1) is 11.3 Å². The van der Waals surface area contributed by atoms with Gasteiger partial charge in [-0.05, 0) is 52.7 Å². The molecule has 1 unspecified atom stereocenters. The number of benzene rings is 1. The third-order valence-corrected chi connectivity index (χ3v) is 3.25. The van der Waals surface area contributed by atoms with Gasteiger partial charge in [-0.25, -0.2) is 0 Å². The normalized spacial score (nSPS) is 12.3. The third-order valence-electron chi connectivity index (χ3n) is 3.25. The molecule has 0 N–H and O–H groups in total. The van der Waals surface area contributed by atoms with E-state index in [2.05, 4.69) is 6.08 Å². The summed E-state index contributed by atoms with van der Waals surface area (Å²) in [4.78, 5) is 23.6. The van der Waals surface area contributed by atoms with E-state index < -0.39 is 23.3 Å². The average molecular weight is 318 g/mol. The van der Waals surface area contributed by atoms with Gasteiger partial charge in [0.1, 0.15) is 0 Å². The van der Waals surface area contributed by atoms with Gasteiger partial charge in [0, 0.05) is 0 Å². The van der Waals surface area contributed by atoms with E-state index >= 15 is 0 Å². The van der Waals surface area contributed by atoms with Crippen LogP contribution in [0.3, 0.4) is 0 Å². The summed E-state index contributed by atoms with van der Waals surface area (Å²) in [5.74, 6) is -1.23. The molecule has 0 aliphatic heterocycles. The number of carbonyl (C=O) groups excluding carboxylic acids is 2. The second-order valence-corrected chi connectivity index (χ2v) is 6.87. The van der Waals surface area contributed by atoms with E-state index in [0.29, 0.717) is 0 Å². The molecule has 0 amide bonds. The highest BCUT2D eigenvalue weighted by molar-refractivity contribution is 5.78. The molecule has 126 valence electrons. The number of esters is 2. The molecule has 0 aromatic heterocycles. The lowest BCUT2D eigenvalue weighted by Gasteiger charge is -2.17. The first kappa shape index (κ1) is 18.9. The van der Waals surface area contributed by atoms with Crippen molar-refractivity contribution in [2.75, 3.05) is 6.79 Å². The molecule has 0 fully saturated rings. The van der Waals surface area contributed by atoms with Crippen molar-refractivity contribution in [3.8, 4) is 0 Å². The van der Waals surface area contributed by atoms with Crippen molar-refractivity contribution >= 4 is 18.0 Å². The number of allylic oxidation sites excluding steroid dienone is 1. The minimum absolute atomic E-state index is 0.352. The zero-order chi connectivity index (χ0) is 17.6. The molecule has 0 aliphatic carbocycles. The van der Waals surface area contributed by atoms with E-state index in [1.165, 1.54) is 5.57 Å². The van der Waals surface area contributed by atoms with Crippen LogP contribution in [-0.4, -0.2) is 18.7 Å². The summed E-state index contributed by atoms with van der Waals surface area (Å²) in [6, 6.07) is 7.74. The first-order chi connectivity index (χ1) is 10.6. The summed E-state index contributed by atoms with van der Waals surface area (Å²) in [6.45, 7) is 10.7. The molecule has 0 bridgehead atoms. The molecule has 0 saturated heterocycles. The molecule has 0 heterocycles. The highest BCUT2D eigenvalue weighted by atomic mass is 16.7. The minimum Gasteiger partial charge on any atom is -0.427 e. The molecule has 0 saturated carbocycles. The highest BCUT2D eigenvalue weighted by Gasteiger charge is 2.24. The zero-order valence-electron chi connectivity index (χ0n) is 14.8. The van der Waals surface area contributed by atoms with Crippen LogP contribution in [0.4, 0.5) is 0 Å². The summed E-state index contributed by atoms with van der Waals surface area (Å²) >= 11 is 0. The topological polar surface area (TPSA) is 52.6 Å². The van der Waals surface area contributed by atoms with Crippen LogP contribution in [0.1, 0.15) is 58.6 Å². The molecule has 0 spiro atoms. The van der Waals surface area contributed by atoms with Crippen LogP contribution in [0, 0.1) is 5.41 Å². The van der Waals surface area contributed by atoms with Crippen LogP contribution in [0.5, 0.6) is 0 Å². The molecule has 0 aliphatic rings. The number of hydrogen-bond acceptors (Lipinski definition) is 4. The summed E-state index contributed by atoms with van der Waals surface area (Å²) < 4.78 is 9.96. The van der Waals surface area contributed by atoms with E-state index in [4.69, 9.17) is 9.47 Å². The Hall–Kier alpha value is -2.10. The second kappa shape index (κ2) is 7.95. The van der Waals surface area contributed by atoms with Crippen LogP contribution in [0.2, 0.25) is 0 Å². The molecule has 1 aromatic carbocycles. The summed E-state index contributed by atoms with van der Waals surface area (Å²) in [5, 5.41) is 0. The van der Waals surface area contributed by atoms with Gasteiger partial charge in [0.15, 0.2) is 0 Å². The number of hydrogen-bond donors (Lipinski definition) is 0. The van der Waals surface area contributed by atoms with Gasteiger partial charge in [-0.2, -0.15) is 0 Å². The van der Waals surface area contributed by atoms with Crippen molar-refractivity contribution in [1.82, 2.24) is 0 Å². The molecular weight excluding hydrogens is 292 g/mol. The molecule has 4 heteroatoms. The number of ether oxygens (including phenoxy) is 2.